The molecule has 22 heavy (non-hydrogen) atoms. The molecule has 1 aliphatic heterocycles. The third-order valence-electron chi connectivity index (χ3n) is 4.35. The van der Waals surface area contributed by atoms with Crippen LogP contribution in [0, 0.1) is 0 Å². The lowest BCUT2D eigenvalue weighted by Crippen LogP contribution is -2.22. The predicted octanol–water partition coefficient (Wildman–Crippen LogP) is 1.10. The molecule has 4 rings (SSSR count). The average molecular weight is 298 g/mol. The number of amides is 1. The first-order valence-corrected chi connectivity index (χ1v) is 7.62. The second kappa shape index (κ2) is 5.08. The minimum absolute atomic E-state index is 0.243. The van der Waals surface area contributed by atoms with Crippen LogP contribution in [0.15, 0.2) is 24.7 Å². The first-order chi connectivity index (χ1) is 10.7. The number of primary amides is 1. The summed E-state index contributed by atoms with van der Waals surface area (Å²) in [5.41, 5.74) is 5.73. The van der Waals surface area contributed by atoms with Crippen LogP contribution >= 0.6 is 0 Å². The second-order valence-electron chi connectivity index (χ2n) is 6.01. The lowest BCUT2D eigenvalue weighted by molar-refractivity contribution is 0.1000. The molecule has 1 atom stereocenters. The Kier molecular flexibility index (Phi) is 3.06. The number of hydrogen-bond donors (Lipinski definition) is 1. The summed E-state index contributed by atoms with van der Waals surface area (Å²) in [6, 6.07) is 2.21. The summed E-state index contributed by atoms with van der Waals surface area (Å²) < 4.78 is 1.84. The Morgan fingerprint density at radius 1 is 1.32 bits per heavy atom. The molecule has 1 amide bonds. The summed E-state index contributed by atoms with van der Waals surface area (Å²) in [4.78, 5) is 22.5. The Labute approximate surface area is 128 Å². The van der Waals surface area contributed by atoms with Crippen molar-refractivity contribution in [2.45, 2.75) is 31.2 Å². The molecule has 1 aliphatic carbocycles. The van der Waals surface area contributed by atoms with Gasteiger partial charge in [0.2, 0.25) is 0 Å². The van der Waals surface area contributed by atoms with Crippen LogP contribution in [0.2, 0.25) is 0 Å². The molecular weight excluding hydrogens is 280 g/mol. The number of hydrogen-bond acceptors (Lipinski definition) is 5. The van der Waals surface area contributed by atoms with Crippen LogP contribution in [0.5, 0.6) is 0 Å². The van der Waals surface area contributed by atoms with Crippen molar-refractivity contribution >= 4 is 11.7 Å². The molecule has 2 aliphatic rings. The van der Waals surface area contributed by atoms with Gasteiger partial charge in [0, 0.05) is 31.4 Å². The minimum Gasteiger partial charge on any atom is -0.366 e. The lowest BCUT2D eigenvalue weighted by atomic mass is 10.3. The Morgan fingerprint density at radius 3 is 2.91 bits per heavy atom. The van der Waals surface area contributed by atoms with Gasteiger partial charge in [-0.2, -0.15) is 5.10 Å². The van der Waals surface area contributed by atoms with Gasteiger partial charge < -0.3 is 10.6 Å². The summed E-state index contributed by atoms with van der Waals surface area (Å²) in [7, 11) is 0. The highest BCUT2D eigenvalue weighted by Gasteiger charge is 2.29. The van der Waals surface area contributed by atoms with Gasteiger partial charge in [0.15, 0.2) is 0 Å². The molecule has 114 valence electrons. The van der Waals surface area contributed by atoms with E-state index in [1.165, 1.54) is 19.0 Å². The van der Waals surface area contributed by atoms with Gasteiger partial charge in [-0.1, -0.05) is 0 Å². The van der Waals surface area contributed by atoms with Gasteiger partial charge >= 0.3 is 0 Å². The molecule has 3 heterocycles. The van der Waals surface area contributed by atoms with Crippen LogP contribution in [0.4, 0.5) is 5.82 Å². The predicted molar refractivity (Wildman–Crippen MR) is 80.6 cm³/mol. The maximum absolute atomic E-state index is 11.2. The third kappa shape index (κ3) is 2.43. The number of nitrogens with two attached hydrogens (primary N) is 1. The average Bonchev–Trinajstić information content (AvgIpc) is 3.06. The molecule has 0 aromatic carbocycles. The second-order valence-corrected chi connectivity index (χ2v) is 6.01. The van der Waals surface area contributed by atoms with Gasteiger partial charge in [0.25, 0.3) is 5.91 Å². The van der Waals surface area contributed by atoms with Crippen LogP contribution in [-0.2, 0) is 0 Å². The highest BCUT2D eigenvalue weighted by Crippen LogP contribution is 2.38. The van der Waals surface area contributed by atoms with Crippen LogP contribution in [0.25, 0.3) is 0 Å². The Hall–Kier alpha value is -2.44. The lowest BCUT2D eigenvalue weighted by Gasteiger charge is -2.18. The summed E-state index contributed by atoms with van der Waals surface area (Å²) in [5.74, 6) is 2.08. The van der Waals surface area contributed by atoms with Crippen molar-refractivity contribution in [2.75, 3.05) is 18.0 Å². The highest BCUT2D eigenvalue weighted by atomic mass is 16.1. The van der Waals surface area contributed by atoms with Crippen LogP contribution < -0.4 is 10.6 Å². The van der Waals surface area contributed by atoms with Crippen molar-refractivity contribution in [3.05, 3.63) is 36.0 Å². The van der Waals surface area contributed by atoms with Crippen molar-refractivity contribution in [1.82, 2.24) is 19.7 Å². The fraction of sp³-hybridized carbons (Fsp3) is 0.467. The topological polar surface area (TPSA) is 89.9 Å². The molecule has 2 N–H and O–H groups in total. The maximum Gasteiger partial charge on any atom is 0.251 e. The number of carbonyl (C=O) groups is 1. The van der Waals surface area contributed by atoms with E-state index in [0.717, 1.165) is 31.2 Å². The quantitative estimate of drug-likeness (QED) is 0.913. The molecule has 0 radical (unpaired) electrons. The van der Waals surface area contributed by atoms with Crippen LogP contribution in [0.3, 0.4) is 0 Å². The van der Waals surface area contributed by atoms with Crippen molar-refractivity contribution in [1.29, 1.82) is 0 Å². The van der Waals surface area contributed by atoms with Crippen molar-refractivity contribution < 1.29 is 4.79 Å². The first-order valence-electron chi connectivity index (χ1n) is 7.62. The SMILES string of the molecule is NC(=O)c1cnn(C2CCN(c3ccnc(C4CC4)n3)C2)c1. The standard InChI is InChI=1S/C15H18N6O/c16-14(22)11-7-18-21(8-11)12-4-6-20(9-12)13-3-5-17-15(19-13)10-1-2-10/h3,5,7-8,10,12H,1-2,4,6,9H2,(H2,16,22). The van der Waals surface area contributed by atoms with E-state index in [4.69, 9.17) is 5.73 Å². The molecule has 1 saturated carbocycles. The molecule has 2 aromatic heterocycles. The van der Waals surface area contributed by atoms with E-state index in [-0.39, 0.29) is 6.04 Å². The Morgan fingerprint density at radius 2 is 2.18 bits per heavy atom. The van der Waals surface area contributed by atoms with Gasteiger partial charge in [-0.05, 0) is 25.3 Å². The fourth-order valence-electron chi connectivity index (χ4n) is 2.91. The normalized spacial score (nSPS) is 21.3. The molecule has 2 aromatic rings. The van der Waals surface area contributed by atoms with Crippen molar-refractivity contribution in [3.63, 3.8) is 0 Å². The van der Waals surface area contributed by atoms with Gasteiger partial charge in [-0.25, -0.2) is 9.97 Å². The van der Waals surface area contributed by atoms with Crippen LogP contribution in [0.1, 0.15) is 47.4 Å². The Balaban J connectivity index is 1.49. The number of nitrogens with zero attached hydrogens (tertiary/aromatic N) is 5. The number of rotatable bonds is 4. The van der Waals surface area contributed by atoms with E-state index in [9.17, 15) is 4.79 Å². The highest BCUT2D eigenvalue weighted by molar-refractivity contribution is 5.92. The largest absolute Gasteiger partial charge is 0.366 e. The smallest absolute Gasteiger partial charge is 0.251 e. The van der Waals surface area contributed by atoms with Gasteiger partial charge in [0.05, 0.1) is 17.8 Å². The molecule has 7 heteroatoms. The van der Waals surface area contributed by atoms with Crippen LogP contribution in [-0.4, -0.2) is 38.7 Å². The van der Waals surface area contributed by atoms with E-state index in [0.29, 0.717) is 11.5 Å². The molecule has 0 bridgehead atoms. The van der Waals surface area contributed by atoms with E-state index < -0.39 is 5.91 Å². The molecule has 0 spiro atoms. The minimum atomic E-state index is -0.439. The zero-order valence-corrected chi connectivity index (χ0v) is 12.2. The zero-order chi connectivity index (χ0) is 15.1. The molecule has 1 unspecified atom stereocenters. The number of aromatic nitrogens is 4. The third-order valence-corrected chi connectivity index (χ3v) is 4.35. The summed E-state index contributed by atoms with van der Waals surface area (Å²) in [6.45, 7) is 1.76. The Bertz CT molecular complexity index is 708. The van der Waals surface area contributed by atoms with Gasteiger partial charge in [-0.3, -0.25) is 9.48 Å². The van der Waals surface area contributed by atoms with E-state index in [2.05, 4.69) is 20.0 Å². The fourth-order valence-corrected chi connectivity index (χ4v) is 2.91. The summed E-state index contributed by atoms with van der Waals surface area (Å²) >= 11 is 0. The van der Waals surface area contributed by atoms with Crippen molar-refractivity contribution in [2.24, 2.45) is 5.73 Å². The summed E-state index contributed by atoms with van der Waals surface area (Å²) in [5, 5.41) is 4.26. The van der Waals surface area contributed by atoms with Crippen molar-refractivity contribution in [3.8, 4) is 0 Å². The van der Waals surface area contributed by atoms with Gasteiger partial charge in [-0.15, -0.1) is 0 Å². The maximum atomic E-state index is 11.2. The summed E-state index contributed by atoms with van der Waals surface area (Å²) in [6.07, 6.45) is 8.49. The van der Waals surface area contributed by atoms with E-state index in [1.807, 2.05) is 16.9 Å². The van der Waals surface area contributed by atoms with E-state index >= 15 is 0 Å². The molecule has 1 saturated heterocycles. The first kappa shape index (κ1) is 13.2. The van der Waals surface area contributed by atoms with E-state index in [1.54, 1.807) is 6.20 Å². The molecule has 2 fully saturated rings. The molecular formula is C15H18N6O. The zero-order valence-electron chi connectivity index (χ0n) is 12.2. The number of carbonyl (C=O) groups excluding carboxylic acids is 1. The van der Waals surface area contributed by atoms with Gasteiger partial charge in [0.1, 0.15) is 11.6 Å². The molecule has 7 nitrogen and oxygen atoms in total. The monoisotopic (exact) mass is 298 g/mol. The number of anilines is 1.